The molecule has 0 atom stereocenters. The molecule has 0 N–H and O–H groups in total. The van der Waals surface area contributed by atoms with Crippen LogP contribution in [0.1, 0.15) is 82.3 Å². The van der Waals surface area contributed by atoms with Crippen molar-refractivity contribution in [1.82, 2.24) is 0 Å². The van der Waals surface area contributed by atoms with Crippen LogP contribution in [0.4, 0.5) is 0 Å². The van der Waals surface area contributed by atoms with Gasteiger partial charge in [0.15, 0.2) is 5.78 Å². The van der Waals surface area contributed by atoms with Crippen molar-refractivity contribution < 1.29 is 4.79 Å². The SMILES string of the molecule is CC(C)CC(=O)c1ccc2c(c1)C(C)(C)CCC2(C)C. The van der Waals surface area contributed by atoms with Gasteiger partial charge in [-0.1, -0.05) is 53.7 Å². The minimum Gasteiger partial charge on any atom is -0.294 e. The lowest BCUT2D eigenvalue weighted by atomic mass is 9.63. The van der Waals surface area contributed by atoms with Crippen molar-refractivity contribution in [3.05, 3.63) is 34.9 Å². The molecule has 1 heteroatoms. The van der Waals surface area contributed by atoms with Crippen LogP contribution in [0.25, 0.3) is 0 Å². The van der Waals surface area contributed by atoms with E-state index in [0.29, 0.717) is 12.3 Å². The Bertz CT molecular complexity index is 521. The molecular formula is C19H28O. The number of rotatable bonds is 3. The van der Waals surface area contributed by atoms with Gasteiger partial charge in [0, 0.05) is 12.0 Å². The second kappa shape index (κ2) is 5.02. The number of hydrogen-bond donors (Lipinski definition) is 0. The molecule has 1 aliphatic carbocycles. The Balaban J connectivity index is 2.46. The lowest BCUT2D eigenvalue weighted by Crippen LogP contribution is -2.34. The normalized spacial score (nSPS) is 19.8. The van der Waals surface area contributed by atoms with E-state index in [2.05, 4.69) is 53.7 Å². The predicted molar refractivity (Wildman–Crippen MR) is 85.5 cm³/mol. The van der Waals surface area contributed by atoms with Crippen LogP contribution in [0, 0.1) is 5.92 Å². The van der Waals surface area contributed by atoms with E-state index in [4.69, 9.17) is 0 Å². The second-order valence-corrected chi connectivity index (χ2v) is 8.05. The van der Waals surface area contributed by atoms with E-state index in [0.717, 1.165) is 5.56 Å². The van der Waals surface area contributed by atoms with Crippen molar-refractivity contribution in [2.45, 2.75) is 71.6 Å². The molecular weight excluding hydrogens is 244 g/mol. The summed E-state index contributed by atoms with van der Waals surface area (Å²) in [7, 11) is 0. The minimum absolute atomic E-state index is 0.180. The van der Waals surface area contributed by atoms with Crippen molar-refractivity contribution in [3.63, 3.8) is 0 Å². The number of ketones is 1. The zero-order valence-electron chi connectivity index (χ0n) is 13.8. The molecule has 0 radical (unpaired) electrons. The van der Waals surface area contributed by atoms with Crippen LogP contribution in [0.15, 0.2) is 18.2 Å². The smallest absolute Gasteiger partial charge is 0.163 e. The van der Waals surface area contributed by atoms with Crippen LogP contribution < -0.4 is 0 Å². The topological polar surface area (TPSA) is 17.1 Å². The molecule has 2 rings (SSSR count). The molecule has 1 aromatic carbocycles. The summed E-state index contributed by atoms with van der Waals surface area (Å²) in [6.07, 6.45) is 3.05. The van der Waals surface area contributed by atoms with Crippen molar-refractivity contribution in [2.75, 3.05) is 0 Å². The highest BCUT2D eigenvalue weighted by Gasteiger charge is 2.37. The van der Waals surface area contributed by atoms with Gasteiger partial charge in [0.2, 0.25) is 0 Å². The molecule has 1 aromatic rings. The first kappa shape index (κ1) is 15.3. The lowest BCUT2D eigenvalue weighted by molar-refractivity contribution is 0.0967. The maximum atomic E-state index is 12.3. The van der Waals surface area contributed by atoms with Gasteiger partial charge >= 0.3 is 0 Å². The van der Waals surface area contributed by atoms with Gasteiger partial charge in [-0.15, -0.1) is 0 Å². The van der Waals surface area contributed by atoms with E-state index in [1.54, 1.807) is 0 Å². The zero-order valence-corrected chi connectivity index (χ0v) is 13.8. The molecule has 20 heavy (non-hydrogen) atoms. The fraction of sp³-hybridized carbons (Fsp3) is 0.632. The largest absolute Gasteiger partial charge is 0.294 e. The molecule has 0 unspecified atom stereocenters. The second-order valence-electron chi connectivity index (χ2n) is 8.05. The Kier molecular flexibility index (Phi) is 3.83. The Morgan fingerprint density at radius 3 is 2.15 bits per heavy atom. The minimum atomic E-state index is 0.180. The van der Waals surface area contributed by atoms with Crippen molar-refractivity contribution in [2.24, 2.45) is 5.92 Å². The van der Waals surface area contributed by atoms with Gasteiger partial charge in [0.05, 0.1) is 0 Å². The number of carbonyl (C=O) groups is 1. The fourth-order valence-electron chi connectivity index (χ4n) is 3.25. The van der Waals surface area contributed by atoms with Gasteiger partial charge in [0.1, 0.15) is 0 Å². The highest BCUT2D eigenvalue weighted by molar-refractivity contribution is 5.96. The van der Waals surface area contributed by atoms with Crippen LogP contribution in [0.3, 0.4) is 0 Å². The van der Waals surface area contributed by atoms with E-state index in [1.807, 2.05) is 6.07 Å². The molecule has 110 valence electrons. The van der Waals surface area contributed by atoms with Crippen LogP contribution in [0.2, 0.25) is 0 Å². The summed E-state index contributed by atoms with van der Waals surface area (Å²) in [4.78, 5) is 12.3. The van der Waals surface area contributed by atoms with E-state index in [1.165, 1.54) is 24.0 Å². The van der Waals surface area contributed by atoms with Crippen LogP contribution in [0.5, 0.6) is 0 Å². The van der Waals surface area contributed by atoms with Gasteiger partial charge < -0.3 is 0 Å². The van der Waals surface area contributed by atoms with Gasteiger partial charge in [-0.25, -0.2) is 0 Å². The molecule has 0 amide bonds. The van der Waals surface area contributed by atoms with Crippen molar-refractivity contribution >= 4 is 5.78 Å². The summed E-state index contributed by atoms with van der Waals surface area (Å²) in [5, 5.41) is 0. The van der Waals surface area contributed by atoms with Gasteiger partial charge in [-0.3, -0.25) is 4.79 Å². The number of Topliss-reactive ketones (excluding diaryl/α,β-unsaturated/α-hetero) is 1. The first-order valence-electron chi connectivity index (χ1n) is 7.82. The Morgan fingerprint density at radius 1 is 1.05 bits per heavy atom. The third-order valence-electron chi connectivity index (χ3n) is 4.77. The average Bonchev–Trinajstić information content (AvgIpc) is 2.34. The van der Waals surface area contributed by atoms with E-state index in [9.17, 15) is 4.79 Å². The molecule has 0 saturated carbocycles. The number of hydrogen-bond acceptors (Lipinski definition) is 1. The average molecular weight is 272 g/mol. The van der Waals surface area contributed by atoms with Crippen LogP contribution in [-0.2, 0) is 10.8 Å². The predicted octanol–water partition coefficient (Wildman–Crippen LogP) is 5.26. The monoisotopic (exact) mass is 272 g/mol. The number of benzene rings is 1. The first-order chi connectivity index (χ1) is 9.13. The molecule has 0 aromatic heterocycles. The third kappa shape index (κ3) is 2.82. The molecule has 0 heterocycles. The molecule has 0 saturated heterocycles. The first-order valence-corrected chi connectivity index (χ1v) is 7.82. The summed E-state index contributed by atoms with van der Waals surface area (Å²) in [5.74, 6) is 0.699. The summed E-state index contributed by atoms with van der Waals surface area (Å²) in [5.41, 5.74) is 4.10. The van der Waals surface area contributed by atoms with E-state index < -0.39 is 0 Å². The van der Waals surface area contributed by atoms with E-state index in [-0.39, 0.29) is 16.6 Å². The highest BCUT2D eigenvalue weighted by Crippen LogP contribution is 2.45. The van der Waals surface area contributed by atoms with Crippen molar-refractivity contribution in [3.8, 4) is 0 Å². The van der Waals surface area contributed by atoms with Gasteiger partial charge in [0.25, 0.3) is 0 Å². The Hall–Kier alpha value is -1.11. The Labute approximate surface area is 123 Å². The summed E-state index contributed by atoms with van der Waals surface area (Å²) in [6.45, 7) is 13.4. The molecule has 1 aliphatic rings. The van der Waals surface area contributed by atoms with Crippen LogP contribution >= 0.6 is 0 Å². The van der Waals surface area contributed by atoms with Gasteiger partial charge in [-0.05, 0) is 46.8 Å². The molecule has 0 aliphatic heterocycles. The molecule has 1 nitrogen and oxygen atoms in total. The quantitative estimate of drug-likeness (QED) is 0.685. The summed E-state index contributed by atoms with van der Waals surface area (Å²) >= 11 is 0. The maximum absolute atomic E-state index is 12.3. The summed E-state index contributed by atoms with van der Waals surface area (Å²) in [6, 6.07) is 6.40. The fourth-order valence-corrected chi connectivity index (χ4v) is 3.25. The highest BCUT2D eigenvalue weighted by atomic mass is 16.1. The Morgan fingerprint density at radius 2 is 1.60 bits per heavy atom. The number of fused-ring (bicyclic) bond motifs is 1. The summed E-state index contributed by atoms with van der Waals surface area (Å²) < 4.78 is 0. The molecule has 0 spiro atoms. The van der Waals surface area contributed by atoms with Crippen molar-refractivity contribution in [1.29, 1.82) is 0 Å². The lowest BCUT2D eigenvalue weighted by Gasteiger charge is -2.42. The maximum Gasteiger partial charge on any atom is 0.163 e. The standard InChI is InChI=1S/C19H28O/c1-13(2)11-17(20)14-7-8-15-16(12-14)19(5,6)10-9-18(15,3)4/h7-8,12-13H,9-11H2,1-6H3. The number of carbonyl (C=O) groups excluding carboxylic acids is 1. The molecule has 0 fully saturated rings. The zero-order chi connectivity index (χ0) is 15.1. The third-order valence-corrected chi connectivity index (χ3v) is 4.77. The van der Waals surface area contributed by atoms with E-state index >= 15 is 0 Å². The van der Waals surface area contributed by atoms with Gasteiger partial charge in [-0.2, -0.15) is 0 Å². The molecule has 0 bridgehead atoms. The van der Waals surface area contributed by atoms with Crippen LogP contribution in [-0.4, -0.2) is 5.78 Å².